The van der Waals surface area contributed by atoms with Gasteiger partial charge in [-0.05, 0) is 16.8 Å². The molecule has 0 saturated heterocycles. The van der Waals surface area contributed by atoms with Crippen molar-refractivity contribution in [2.75, 3.05) is 7.11 Å². The second-order valence-electron chi connectivity index (χ2n) is 4.21. The van der Waals surface area contributed by atoms with Crippen LogP contribution in [0.4, 0.5) is 0 Å². The lowest BCUT2D eigenvalue weighted by Gasteiger charge is -2.20. The number of rotatable bonds is 4. The second kappa shape index (κ2) is 5.26. The van der Waals surface area contributed by atoms with Crippen LogP contribution < -0.4 is 10.5 Å². The number of nitrogens with two attached hydrogens (primary N) is 1. The van der Waals surface area contributed by atoms with E-state index in [1.807, 2.05) is 24.3 Å². The van der Waals surface area contributed by atoms with Crippen LogP contribution in [-0.4, -0.2) is 29.3 Å². The van der Waals surface area contributed by atoms with E-state index in [4.69, 9.17) is 15.6 Å². The maximum Gasteiger partial charge on any atom is 0.323 e. The van der Waals surface area contributed by atoms with Gasteiger partial charge in [-0.1, -0.05) is 30.3 Å². The second-order valence-corrected chi connectivity index (χ2v) is 4.21. The van der Waals surface area contributed by atoms with Gasteiger partial charge in [-0.25, -0.2) is 0 Å². The van der Waals surface area contributed by atoms with E-state index in [0.717, 1.165) is 10.8 Å². The van der Waals surface area contributed by atoms with E-state index in [-0.39, 0.29) is 0 Å². The van der Waals surface area contributed by atoms with Gasteiger partial charge in [-0.2, -0.15) is 0 Å². The minimum atomic E-state index is -1.40. The molecule has 4 N–H and O–H groups in total. The van der Waals surface area contributed by atoms with Gasteiger partial charge in [0.2, 0.25) is 0 Å². The molecule has 0 bridgehead atoms. The van der Waals surface area contributed by atoms with Crippen LogP contribution in [0.3, 0.4) is 0 Å². The summed E-state index contributed by atoms with van der Waals surface area (Å²) in [5.74, 6) is -0.842. The summed E-state index contributed by atoms with van der Waals surface area (Å²) in [6.45, 7) is 0. The highest BCUT2D eigenvalue weighted by atomic mass is 16.5. The number of aliphatic carboxylic acids is 1. The summed E-state index contributed by atoms with van der Waals surface area (Å²) < 4.78 is 5.20. The van der Waals surface area contributed by atoms with Gasteiger partial charge in [0.1, 0.15) is 17.9 Å². The molecule has 0 aliphatic rings. The maximum absolute atomic E-state index is 10.9. The minimum absolute atomic E-state index is 0.399. The number of hydrogen-bond acceptors (Lipinski definition) is 4. The topological polar surface area (TPSA) is 92.8 Å². The SMILES string of the molecule is COc1ccc2ccccc2c1C(O)[C@H](N)C(=O)O. The van der Waals surface area contributed by atoms with Crippen LogP contribution >= 0.6 is 0 Å². The Morgan fingerprint density at radius 1 is 1.26 bits per heavy atom. The zero-order valence-electron chi connectivity index (χ0n) is 10.4. The van der Waals surface area contributed by atoms with Gasteiger partial charge >= 0.3 is 5.97 Å². The van der Waals surface area contributed by atoms with Gasteiger partial charge in [-0.15, -0.1) is 0 Å². The van der Waals surface area contributed by atoms with Crippen molar-refractivity contribution in [1.29, 1.82) is 0 Å². The number of carboxylic acids is 1. The summed E-state index contributed by atoms with van der Waals surface area (Å²) in [4.78, 5) is 10.9. The first-order valence-corrected chi connectivity index (χ1v) is 5.78. The minimum Gasteiger partial charge on any atom is -0.496 e. The monoisotopic (exact) mass is 261 g/mol. The van der Waals surface area contributed by atoms with Crippen molar-refractivity contribution in [2.24, 2.45) is 5.73 Å². The Morgan fingerprint density at radius 3 is 2.58 bits per heavy atom. The molecule has 0 radical (unpaired) electrons. The number of carboxylic acid groups (broad SMARTS) is 1. The molecular formula is C14H15NO4. The van der Waals surface area contributed by atoms with Crippen molar-refractivity contribution >= 4 is 16.7 Å². The van der Waals surface area contributed by atoms with Crippen molar-refractivity contribution < 1.29 is 19.7 Å². The molecule has 0 aliphatic carbocycles. The molecule has 0 amide bonds. The molecule has 100 valence electrons. The van der Waals surface area contributed by atoms with Crippen LogP contribution in [-0.2, 0) is 4.79 Å². The predicted molar refractivity (Wildman–Crippen MR) is 71.1 cm³/mol. The molecule has 0 saturated carbocycles. The van der Waals surface area contributed by atoms with Crippen molar-refractivity contribution in [1.82, 2.24) is 0 Å². The zero-order chi connectivity index (χ0) is 14.0. The van der Waals surface area contributed by atoms with Gasteiger partial charge in [-0.3, -0.25) is 4.79 Å². The fourth-order valence-electron chi connectivity index (χ4n) is 2.07. The lowest BCUT2D eigenvalue weighted by molar-refractivity contribution is -0.141. The number of hydrogen-bond donors (Lipinski definition) is 3. The maximum atomic E-state index is 10.9. The van der Waals surface area contributed by atoms with Crippen molar-refractivity contribution in [3.63, 3.8) is 0 Å². The van der Waals surface area contributed by atoms with E-state index in [1.165, 1.54) is 7.11 Å². The van der Waals surface area contributed by atoms with E-state index in [2.05, 4.69) is 0 Å². The van der Waals surface area contributed by atoms with E-state index >= 15 is 0 Å². The molecule has 2 atom stereocenters. The van der Waals surface area contributed by atoms with Gasteiger partial charge in [0.05, 0.1) is 7.11 Å². The molecule has 5 nitrogen and oxygen atoms in total. The molecule has 1 unspecified atom stereocenters. The predicted octanol–water partition coefficient (Wildman–Crippen LogP) is 1.29. The fraction of sp³-hybridized carbons (Fsp3) is 0.214. The number of methoxy groups -OCH3 is 1. The smallest absolute Gasteiger partial charge is 0.323 e. The number of fused-ring (bicyclic) bond motifs is 1. The molecule has 0 heterocycles. The lowest BCUT2D eigenvalue weighted by atomic mass is 9.95. The Morgan fingerprint density at radius 2 is 1.95 bits per heavy atom. The molecule has 0 aliphatic heterocycles. The highest BCUT2D eigenvalue weighted by Gasteiger charge is 2.27. The summed E-state index contributed by atoms with van der Waals surface area (Å²) in [5.41, 5.74) is 5.90. The number of ether oxygens (including phenoxy) is 1. The van der Waals surface area contributed by atoms with Crippen LogP contribution in [0.1, 0.15) is 11.7 Å². The molecule has 5 heteroatoms. The average molecular weight is 261 g/mol. The quantitative estimate of drug-likeness (QED) is 0.771. The third kappa shape index (κ3) is 2.38. The Labute approximate surface area is 110 Å². The summed E-state index contributed by atoms with van der Waals surface area (Å²) in [6, 6.07) is 9.47. The van der Waals surface area contributed by atoms with E-state index in [1.54, 1.807) is 12.1 Å². The Hall–Kier alpha value is -2.11. The summed E-state index contributed by atoms with van der Waals surface area (Å²) in [5, 5.41) is 20.7. The lowest BCUT2D eigenvalue weighted by Crippen LogP contribution is -2.36. The van der Waals surface area contributed by atoms with Crippen LogP contribution in [0.25, 0.3) is 10.8 Å². The number of aliphatic hydroxyl groups excluding tert-OH is 1. The van der Waals surface area contributed by atoms with Crippen LogP contribution in [0.5, 0.6) is 5.75 Å². The van der Waals surface area contributed by atoms with Crippen LogP contribution in [0.2, 0.25) is 0 Å². The highest BCUT2D eigenvalue weighted by molar-refractivity contribution is 5.89. The summed E-state index contributed by atoms with van der Waals surface area (Å²) in [7, 11) is 1.46. The van der Waals surface area contributed by atoms with Crippen molar-refractivity contribution in [3.05, 3.63) is 42.0 Å². The molecule has 19 heavy (non-hydrogen) atoms. The van der Waals surface area contributed by atoms with E-state index < -0.39 is 18.1 Å². The Bertz CT molecular complexity index is 611. The normalized spacial score (nSPS) is 14.1. The summed E-state index contributed by atoms with van der Waals surface area (Å²) in [6.07, 6.45) is -1.33. The first-order chi connectivity index (χ1) is 9.06. The van der Waals surface area contributed by atoms with Crippen LogP contribution in [0, 0.1) is 0 Å². The van der Waals surface area contributed by atoms with Gasteiger partial charge in [0.15, 0.2) is 0 Å². The van der Waals surface area contributed by atoms with E-state index in [9.17, 15) is 9.90 Å². The van der Waals surface area contributed by atoms with Gasteiger partial charge < -0.3 is 20.7 Å². The van der Waals surface area contributed by atoms with Crippen molar-refractivity contribution in [3.8, 4) is 5.75 Å². The number of benzene rings is 2. The molecule has 2 rings (SSSR count). The zero-order valence-corrected chi connectivity index (χ0v) is 10.4. The Balaban J connectivity index is 2.65. The number of aliphatic hydroxyl groups is 1. The third-order valence-corrected chi connectivity index (χ3v) is 3.07. The van der Waals surface area contributed by atoms with Gasteiger partial charge in [0, 0.05) is 5.56 Å². The first-order valence-electron chi connectivity index (χ1n) is 5.78. The molecule has 2 aromatic carbocycles. The third-order valence-electron chi connectivity index (χ3n) is 3.07. The highest BCUT2D eigenvalue weighted by Crippen LogP contribution is 2.34. The standard InChI is InChI=1S/C14H15NO4/c1-19-10-7-6-8-4-2-3-5-9(8)11(10)13(16)12(15)14(17)18/h2-7,12-13,16H,15H2,1H3,(H,17,18)/t12-,13?/m0/s1. The largest absolute Gasteiger partial charge is 0.496 e. The molecule has 2 aromatic rings. The number of carbonyl (C=O) groups is 1. The average Bonchev–Trinajstić information content (AvgIpc) is 2.44. The molecule has 0 aromatic heterocycles. The molecular weight excluding hydrogens is 246 g/mol. The first kappa shape index (κ1) is 13.3. The Kier molecular flexibility index (Phi) is 3.69. The van der Waals surface area contributed by atoms with Gasteiger partial charge in [0.25, 0.3) is 0 Å². The van der Waals surface area contributed by atoms with E-state index in [0.29, 0.717) is 11.3 Å². The van der Waals surface area contributed by atoms with Crippen molar-refractivity contribution in [2.45, 2.75) is 12.1 Å². The molecule has 0 fully saturated rings. The summed E-state index contributed by atoms with van der Waals surface area (Å²) >= 11 is 0. The fourth-order valence-corrected chi connectivity index (χ4v) is 2.07. The van der Waals surface area contributed by atoms with Crippen LogP contribution in [0.15, 0.2) is 36.4 Å². The molecule has 0 spiro atoms.